The Morgan fingerprint density at radius 2 is 2.35 bits per heavy atom. The topological polar surface area (TPSA) is 61.5 Å². The quantitative estimate of drug-likeness (QED) is 0.862. The van der Waals surface area contributed by atoms with Crippen LogP contribution in [0, 0.1) is 0 Å². The van der Waals surface area contributed by atoms with Crippen molar-refractivity contribution >= 4 is 5.91 Å². The molecule has 3 rings (SSSR count). The Hall–Kier alpha value is -1.40. The van der Waals surface area contributed by atoms with Gasteiger partial charge in [0.1, 0.15) is 0 Å². The molecule has 1 aromatic rings. The lowest BCUT2D eigenvalue weighted by Crippen LogP contribution is -2.49. The molecule has 3 atom stereocenters. The second-order valence-corrected chi connectivity index (χ2v) is 6.79. The number of nitrogens with zero attached hydrogens (tertiary/aromatic N) is 3. The van der Waals surface area contributed by atoms with E-state index in [4.69, 9.17) is 4.74 Å². The minimum absolute atomic E-state index is 0.235. The van der Waals surface area contributed by atoms with E-state index in [-0.39, 0.29) is 5.91 Å². The van der Waals surface area contributed by atoms with Gasteiger partial charge in [0, 0.05) is 57.6 Å². The lowest BCUT2D eigenvalue weighted by atomic mass is 10.1. The molecule has 0 spiro atoms. The van der Waals surface area contributed by atoms with Crippen LogP contribution in [0.2, 0.25) is 0 Å². The van der Waals surface area contributed by atoms with E-state index in [0.29, 0.717) is 24.6 Å². The van der Waals surface area contributed by atoms with E-state index in [1.54, 1.807) is 19.6 Å². The van der Waals surface area contributed by atoms with Crippen LogP contribution >= 0.6 is 0 Å². The van der Waals surface area contributed by atoms with Gasteiger partial charge >= 0.3 is 0 Å². The number of aromatic amines is 1. The highest BCUT2D eigenvalue weighted by atomic mass is 16.5. The number of carbonyl (C=O) groups excluding carboxylic acids is 1. The molecule has 1 N–H and O–H groups in total. The van der Waals surface area contributed by atoms with E-state index >= 15 is 0 Å². The molecule has 1 saturated heterocycles. The summed E-state index contributed by atoms with van der Waals surface area (Å²) in [6.45, 7) is 2.10. The number of imidazole rings is 1. The van der Waals surface area contributed by atoms with E-state index < -0.39 is 0 Å². The van der Waals surface area contributed by atoms with E-state index in [9.17, 15) is 4.79 Å². The number of H-pyrrole nitrogens is 1. The first-order valence-electron chi connectivity index (χ1n) is 8.68. The van der Waals surface area contributed by atoms with Crippen LogP contribution in [0.25, 0.3) is 0 Å². The largest absolute Gasteiger partial charge is 0.380 e. The van der Waals surface area contributed by atoms with Gasteiger partial charge in [0.15, 0.2) is 0 Å². The monoisotopic (exact) mass is 320 g/mol. The lowest BCUT2D eigenvalue weighted by Gasteiger charge is -2.35. The van der Waals surface area contributed by atoms with Gasteiger partial charge in [-0.3, -0.25) is 9.69 Å². The standard InChI is InChI=1S/C17H28N4O2/c1-20(17(22)7-6-13-10-18-12-19-13)15-4-3-5-16(15)21-9-8-14(11-21)23-2/h10,12,14-16H,3-9,11H2,1-2H3,(H,18,19)/t14?,15-,16+/m1/s1. The minimum atomic E-state index is 0.235. The molecule has 1 unspecified atom stereocenters. The van der Waals surface area contributed by atoms with Crippen molar-refractivity contribution in [2.45, 2.75) is 56.7 Å². The summed E-state index contributed by atoms with van der Waals surface area (Å²) in [5, 5.41) is 0. The van der Waals surface area contributed by atoms with Crippen LogP contribution in [0.15, 0.2) is 12.5 Å². The van der Waals surface area contributed by atoms with Gasteiger partial charge in [-0.1, -0.05) is 0 Å². The number of aryl methyl sites for hydroxylation is 1. The molecule has 128 valence electrons. The van der Waals surface area contributed by atoms with Crippen LogP contribution in [-0.2, 0) is 16.0 Å². The smallest absolute Gasteiger partial charge is 0.223 e. The molecule has 2 heterocycles. The van der Waals surface area contributed by atoms with Gasteiger partial charge in [-0.15, -0.1) is 0 Å². The molecular weight excluding hydrogens is 292 g/mol. The van der Waals surface area contributed by atoms with Crippen molar-refractivity contribution in [1.29, 1.82) is 0 Å². The Morgan fingerprint density at radius 1 is 1.48 bits per heavy atom. The number of ether oxygens (including phenoxy) is 1. The number of hydrogen-bond acceptors (Lipinski definition) is 4. The molecule has 2 aliphatic rings. The zero-order valence-electron chi connectivity index (χ0n) is 14.2. The summed E-state index contributed by atoms with van der Waals surface area (Å²) in [5.41, 5.74) is 1.03. The molecule has 1 amide bonds. The molecule has 0 aromatic carbocycles. The maximum Gasteiger partial charge on any atom is 0.223 e. The van der Waals surface area contributed by atoms with Crippen molar-refractivity contribution in [1.82, 2.24) is 19.8 Å². The number of likely N-dealkylation sites (N-methyl/N-ethyl adjacent to an activating group) is 1. The number of likely N-dealkylation sites (tertiary alicyclic amines) is 1. The highest BCUT2D eigenvalue weighted by Gasteiger charge is 2.39. The predicted molar refractivity (Wildman–Crippen MR) is 88.1 cm³/mol. The van der Waals surface area contributed by atoms with Crippen molar-refractivity contribution in [3.8, 4) is 0 Å². The Kier molecular flexibility index (Phi) is 5.33. The molecule has 6 heteroatoms. The van der Waals surface area contributed by atoms with Gasteiger partial charge in [-0.25, -0.2) is 4.98 Å². The molecule has 1 aliphatic heterocycles. The maximum atomic E-state index is 12.6. The molecule has 0 bridgehead atoms. The van der Waals surface area contributed by atoms with Crippen molar-refractivity contribution in [3.63, 3.8) is 0 Å². The van der Waals surface area contributed by atoms with Crippen LogP contribution in [0.4, 0.5) is 0 Å². The van der Waals surface area contributed by atoms with Crippen LogP contribution < -0.4 is 0 Å². The minimum Gasteiger partial charge on any atom is -0.380 e. The molecular formula is C17H28N4O2. The summed E-state index contributed by atoms with van der Waals surface area (Å²) in [4.78, 5) is 24.1. The fourth-order valence-electron chi connectivity index (χ4n) is 4.07. The summed E-state index contributed by atoms with van der Waals surface area (Å²) in [6.07, 6.45) is 9.72. The number of rotatable bonds is 6. The third-order valence-electron chi connectivity index (χ3n) is 5.48. The number of aromatic nitrogens is 2. The maximum absolute atomic E-state index is 12.6. The second kappa shape index (κ2) is 7.45. The van der Waals surface area contributed by atoms with Crippen molar-refractivity contribution < 1.29 is 9.53 Å². The first-order chi connectivity index (χ1) is 11.2. The number of methoxy groups -OCH3 is 1. The molecule has 23 heavy (non-hydrogen) atoms. The van der Waals surface area contributed by atoms with Gasteiger partial charge in [0.25, 0.3) is 0 Å². The molecule has 0 radical (unpaired) electrons. The fraction of sp³-hybridized carbons (Fsp3) is 0.765. The van der Waals surface area contributed by atoms with E-state index in [1.165, 1.54) is 12.8 Å². The van der Waals surface area contributed by atoms with Crippen molar-refractivity contribution in [2.75, 3.05) is 27.2 Å². The van der Waals surface area contributed by atoms with Crippen LogP contribution in [0.1, 0.15) is 37.8 Å². The molecule has 1 saturated carbocycles. The molecule has 6 nitrogen and oxygen atoms in total. The van der Waals surface area contributed by atoms with Crippen molar-refractivity contribution in [3.05, 3.63) is 18.2 Å². The SMILES string of the molecule is COC1CCN([C@H]2CCC[C@H]2N(C)C(=O)CCc2cnc[nH]2)C1. The van der Waals surface area contributed by atoms with Gasteiger partial charge < -0.3 is 14.6 Å². The van der Waals surface area contributed by atoms with Crippen LogP contribution in [-0.4, -0.2) is 71.1 Å². The highest BCUT2D eigenvalue weighted by molar-refractivity contribution is 5.76. The summed E-state index contributed by atoms with van der Waals surface area (Å²) in [5.74, 6) is 0.235. The third kappa shape index (κ3) is 3.75. The number of hydrogen-bond donors (Lipinski definition) is 1. The first kappa shape index (κ1) is 16.5. The first-order valence-corrected chi connectivity index (χ1v) is 8.68. The zero-order chi connectivity index (χ0) is 16.2. The normalized spacial score (nSPS) is 28.3. The number of carbonyl (C=O) groups is 1. The summed E-state index contributed by atoms with van der Waals surface area (Å²) >= 11 is 0. The third-order valence-corrected chi connectivity index (χ3v) is 5.48. The van der Waals surface area contributed by atoms with Gasteiger partial charge in [0.05, 0.1) is 12.4 Å². The highest BCUT2D eigenvalue weighted by Crippen LogP contribution is 2.31. The average molecular weight is 320 g/mol. The Labute approximate surface area is 138 Å². The van der Waals surface area contributed by atoms with E-state index in [2.05, 4.69) is 14.9 Å². The van der Waals surface area contributed by atoms with Crippen LogP contribution in [0.3, 0.4) is 0 Å². The Balaban J connectivity index is 1.54. The van der Waals surface area contributed by atoms with Gasteiger partial charge in [-0.05, 0) is 32.1 Å². The molecule has 1 aliphatic carbocycles. The van der Waals surface area contributed by atoms with Gasteiger partial charge in [0.2, 0.25) is 5.91 Å². The van der Waals surface area contributed by atoms with Crippen molar-refractivity contribution in [2.24, 2.45) is 0 Å². The number of amides is 1. The average Bonchev–Trinajstić information content (AvgIpc) is 3.32. The summed E-state index contributed by atoms with van der Waals surface area (Å²) < 4.78 is 5.49. The lowest BCUT2D eigenvalue weighted by molar-refractivity contribution is -0.132. The summed E-state index contributed by atoms with van der Waals surface area (Å²) in [6, 6.07) is 0.844. The number of nitrogens with one attached hydrogen (secondary N) is 1. The van der Waals surface area contributed by atoms with Gasteiger partial charge in [-0.2, -0.15) is 0 Å². The fourth-order valence-corrected chi connectivity index (χ4v) is 4.07. The Bertz CT molecular complexity index is 505. The predicted octanol–water partition coefficient (Wildman–Crippen LogP) is 1.44. The zero-order valence-corrected chi connectivity index (χ0v) is 14.2. The molecule has 1 aromatic heterocycles. The summed E-state index contributed by atoms with van der Waals surface area (Å²) in [7, 11) is 3.77. The molecule has 2 fully saturated rings. The van der Waals surface area contributed by atoms with E-state index in [1.807, 2.05) is 11.9 Å². The van der Waals surface area contributed by atoms with E-state index in [0.717, 1.165) is 38.0 Å². The van der Waals surface area contributed by atoms with Crippen LogP contribution in [0.5, 0.6) is 0 Å². The second-order valence-electron chi connectivity index (χ2n) is 6.79. The Morgan fingerprint density at radius 3 is 3.04 bits per heavy atom.